The number of aryl methyl sites for hydroxylation is 1. The van der Waals surface area contributed by atoms with Gasteiger partial charge in [0.2, 0.25) is 0 Å². The van der Waals surface area contributed by atoms with Crippen LogP contribution in [0, 0.1) is 0 Å². The second kappa shape index (κ2) is 11.4. The molecule has 1 atom stereocenters. The number of nitrogens with one attached hydrogen (secondary N) is 1. The highest BCUT2D eigenvalue weighted by atomic mass is 16.5. The average molecular weight is 474 g/mol. The van der Waals surface area contributed by atoms with Gasteiger partial charge in [0, 0.05) is 12.1 Å². The molecule has 0 fully saturated rings. The first-order valence-electron chi connectivity index (χ1n) is 11.8. The molecule has 0 saturated heterocycles. The van der Waals surface area contributed by atoms with Crippen LogP contribution >= 0.6 is 0 Å². The van der Waals surface area contributed by atoms with E-state index in [1.165, 1.54) is 0 Å². The van der Waals surface area contributed by atoms with Gasteiger partial charge in [-0.1, -0.05) is 30.3 Å². The molecule has 3 aromatic carbocycles. The summed E-state index contributed by atoms with van der Waals surface area (Å²) in [5, 5.41) is 3.08. The molecule has 0 aliphatic carbocycles. The zero-order valence-corrected chi connectivity index (χ0v) is 20.4. The van der Waals surface area contributed by atoms with Crippen molar-refractivity contribution in [1.29, 1.82) is 0 Å². The van der Waals surface area contributed by atoms with E-state index in [2.05, 4.69) is 16.0 Å². The molecular weight excluding hydrogens is 442 g/mol. The molecular formula is C28H31N3O4. The Hall–Kier alpha value is -4.00. The summed E-state index contributed by atoms with van der Waals surface area (Å²) in [6.45, 7) is 3.32. The van der Waals surface area contributed by atoms with Crippen LogP contribution in [0.3, 0.4) is 0 Å². The van der Waals surface area contributed by atoms with Crippen molar-refractivity contribution in [3.63, 3.8) is 0 Å². The lowest BCUT2D eigenvalue weighted by atomic mass is 10.2. The van der Waals surface area contributed by atoms with Crippen molar-refractivity contribution >= 4 is 16.9 Å². The molecule has 0 bridgehead atoms. The number of unbranched alkanes of at least 4 members (excludes halogenated alkanes) is 1. The minimum absolute atomic E-state index is 0.166. The molecule has 1 aromatic heterocycles. The van der Waals surface area contributed by atoms with Crippen LogP contribution in [0.1, 0.15) is 42.0 Å². The molecule has 4 aromatic rings. The topological polar surface area (TPSA) is 74.6 Å². The van der Waals surface area contributed by atoms with Crippen LogP contribution in [-0.2, 0) is 6.54 Å². The van der Waals surface area contributed by atoms with Crippen molar-refractivity contribution in [2.45, 2.75) is 32.4 Å². The maximum atomic E-state index is 12.9. The molecule has 4 rings (SSSR count). The Morgan fingerprint density at radius 1 is 0.943 bits per heavy atom. The number of hydrogen-bond donors (Lipinski definition) is 1. The lowest BCUT2D eigenvalue weighted by Crippen LogP contribution is -2.28. The summed E-state index contributed by atoms with van der Waals surface area (Å²) in [5.74, 6) is 2.79. The van der Waals surface area contributed by atoms with Gasteiger partial charge < -0.3 is 24.1 Å². The van der Waals surface area contributed by atoms with Gasteiger partial charge in [0.05, 0.1) is 37.9 Å². The van der Waals surface area contributed by atoms with E-state index < -0.39 is 0 Å². The van der Waals surface area contributed by atoms with Gasteiger partial charge in [-0.05, 0) is 62.2 Å². The first-order chi connectivity index (χ1) is 17.1. The maximum absolute atomic E-state index is 12.9. The average Bonchev–Trinajstić information content (AvgIpc) is 3.27. The Kier molecular flexibility index (Phi) is 7.88. The van der Waals surface area contributed by atoms with E-state index in [1.54, 1.807) is 32.4 Å². The van der Waals surface area contributed by atoms with Gasteiger partial charge in [0.15, 0.2) is 11.5 Å². The molecule has 7 nitrogen and oxygen atoms in total. The van der Waals surface area contributed by atoms with Crippen LogP contribution in [0.25, 0.3) is 11.0 Å². The minimum Gasteiger partial charge on any atom is -0.497 e. The molecule has 1 unspecified atom stereocenters. The monoisotopic (exact) mass is 473 g/mol. The van der Waals surface area contributed by atoms with E-state index in [0.717, 1.165) is 47.7 Å². The summed E-state index contributed by atoms with van der Waals surface area (Å²) in [7, 11) is 3.23. The number of carbonyl (C=O) groups excluding carboxylic acids is 1. The molecule has 0 aliphatic heterocycles. The Morgan fingerprint density at radius 3 is 2.51 bits per heavy atom. The van der Waals surface area contributed by atoms with Gasteiger partial charge in [-0.25, -0.2) is 4.98 Å². The number of hydrogen-bond acceptors (Lipinski definition) is 5. The van der Waals surface area contributed by atoms with Crippen molar-refractivity contribution in [2.24, 2.45) is 0 Å². The van der Waals surface area contributed by atoms with Crippen LogP contribution < -0.4 is 19.5 Å². The van der Waals surface area contributed by atoms with E-state index in [9.17, 15) is 4.79 Å². The molecule has 0 saturated carbocycles. The summed E-state index contributed by atoms with van der Waals surface area (Å²) >= 11 is 0. The fraction of sp³-hybridized carbons (Fsp3) is 0.286. The third-order valence-electron chi connectivity index (χ3n) is 5.85. The van der Waals surface area contributed by atoms with Crippen molar-refractivity contribution in [3.8, 4) is 17.2 Å². The number of methoxy groups -OCH3 is 2. The first-order valence-corrected chi connectivity index (χ1v) is 11.8. The molecule has 1 amide bonds. The highest BCUT2D eigenvalue weighted by molar-refractivity contribution is 5.94. The largest absolute Gasteiger partial charge is 0.497 e. The Labute approximate surface area is 205 Å². The summed E-state index contributed by atoms with van der Waals surface area (Å²) in [4.78, 5) is 17.7. The van der Waals surface area contributed by atoms with Crippen molar-refractivity contribution in [1.82, 2.24) is 14.9 Å². The summed E-state index contributed by atoms with van der Waals surface area (Å²) in [6, 6.07) is 22.6. The lowest BCUT2D eigenvalue weighted by Gasteiger charge is -2.17. The quantitative estimate of drug-likeness (QED) is 0.295. The number of ether oxygens (including phenoxy) is 3. The molecule has 182 valence electrons. The maximum Gasteiger partial charge on any atom is 0.251 e. The van der Waals surface area contributed by atoms with Gasteiger partial charge in [0.1, 0.15) is 11.6 Å². The predicted molar refractivity (Wildman–Crippen MR) is 136 cm³/mol. The van der Waals surface area contributed by atoms with Crippen molar-refractivity contribution in [3.05, 3.63) is 84.2 Å². The molecule has 0 spiro atoms. The summed E-state index contributed by atoms with van der Waals surface area (Å²) < 4.78 is 18.7. The molecule has 7 heteroatoms. The third kappa shape index (κ3) is 5.74. The molecule has 0 aliphatic rings. The Balaban J connectivity index is 1.43. The number of aromatic nitrogens is 2. The minimum atomic E-state index is -0.272. The number of carbonyl (C=O) groups is 1. The second-order valence-electron chi connectivity index (χ2n) is 8.24. The van der Waals surface area contributed by atoms with Crippen LogP contribution in [0.5, 0.6) is 17.2 Å². The van der Waals surface area contributed by atoms with E-state index in [4.69, 9.17) is 19.2 Å². The highest BCUT2D eigenvalue weighted by Crippen LogP contribution is 2.26. The van der Waals surface area contributed by atoms with Crippen molar-refractivity contribution < 1.29 is 19.0 Å². The summed E-state index contributed by atoms with van der Waals surface area (Å²) in [6.07, 6.45) is 1.77. The molecule has 35 heavy (non-hydrogen) atoms. The van der Waals surface area contributed by atoms with E-state index in [0.29, 0.717) is 17.9 Å². The predicted octanol–water partition coefficient (Wildman–Crippen LogP) is 5.40. The number of benzene rings is 3. The number of para-hydroxylation sites is 4. The van der Waals surface area contributed by atoms with Crippen molar-refractivity contribution in [2.75, 3.05) is 20.8 Å². The lowest BCUT2D eigenvalue weighted by molar-refractivity contribution is 0.0937. The fourth-order valence-corrected chi connectivity index (χ4v) is 4.06. The standard InChI is InChI=1S/C28H31N3O4/c1-20(29-28(32)21-11-10-12-22(19-21)33-2)27-30-23-13-4-5-14-24(23)31(27)17-8-9-18-35-26-16-7-6-15-25(26)34-3/h4-7,10-16,19-20H,8-9,17-18H2,1-3H3,(H,29,32). The number of nitrogens with zero attached hydrogens (tertiary/aromatic N) is 2. The normalized spacial score (nSPS) is 11.7. The smallest absolute Gasteiger partial charge is 0.251 e. The van der Waals surface area contributed by atoms with Gasteiger partial charge in [-0.15, -0.1) is 0 Å². The molecule has 1 N–H and O–H groups in total. The third-order valence-corrected chi connectivity index (χ3v) is 5.85. The zero-order valence-electron chi connectivity index (χ0n) is 20.4. The van der Waals surface area contributed by atoms with Crippen LogP contribution in [0.4, 0.5) is 0 Å². The zero-order chi connectivity index (χ0) is 24.6. The Morgan fingerprint density at radius 2 is 1.71 bits per heavy atom. The van der Waals surface area contributed by atoms with Crippen LogP contribution in [-0.4, -0.2) is 36.3 Å². The van der Waals surface area contributed by atoms with E-state index in [-0.39, 0.29) is 11.9 Å². The summed E-state index contributed by atoms with van der Waals surface area (Å²) in [5.41, 5.74) is 2.51. The SMILES string of the molecule is COc1cccc(C(=O)NC(C)c2nc3ccccc3n2CCCCOc2ccccc2OC)c1. The van der Waals surface area contributed by atoms with Gasteiger partial charge in [-0.2, -0.15) is 0 Å². The highest BCUT2D eigenvalue weighted by Gasteiger charge is 2.19. The number of rotatable bonds is 11. The number of amides is 1. The van der Waals surface area contributed by atoms with Gasteiger partial charge in [0.25, 0.3) is 5.91 Å². The van der Waals surface area contributed by atoms with E-state index >= 15 is 0 Å². The Bertz CT molecular complexity index is 1280. The van der Waals surface area contributed by atoms with Crippen LogP contribution in [0.15, 0.2) is 72.8 Å². The van der Waals surface area contributed by atoms with Gasteiger partial charge in [-0.3, -0.25) is 4.79 Å². The first kappa shape index (κ1) is 24.1. The van der Waals surface area contributed by atoms with Crippen LogP contribution in [0.2, 0.25) is 0 Å². The second-order valence-corrected chi connectivity index (χ2v) is 8.24. The molecule has 0 radical (unpaired) electrons. The molecule has 1 heterocycles. The van der Waals surface area contributed by atoms with Gasteiger partial charge >= 0.3 is 0 Å². The fourth-order valence-electron chi connectivity index (χ4n) is 4.06. The number of fused-ring (bicyclic) bond motifs is 1. The van der Waals surface area contributed by atoms with E-state index in [1.807, 2.05) is 55.5 Å². The number of imidazole rings is 1.